The van der Waals surface area contributed by atoms with Gasteiger partial charge in [0, 0.05) is 12.1 Å². The average Bonchev–Trinajstić information content (AvgIpc) is 2.46. The zero-order valence-corrected chi connectivity index (χ0v) is 16.0. The van der Waals surface area contributed by atoms with E-state index in [1.165, 1.54) is 12.1 Å². The Labute approximate surface area is 152 Å². The molecule has 0 N–H and O–H groups in total. The van der Waals surface area contributed by atoms with E-state index in [0.29, 0.717) is 17.5 Å². The molecule has 1 aliphatic heterocycles. The first-order valence-corrected chi connectivity index (χ1v) is 8.57. The summed E-state index contributed by atoms with van der Waals surface area (Å²) in [5.41, 5.74) is 1.03. The van der Waals surface area contributed by atoms with E-state index < -0.39 is 22.0 Å². The summed E-state index contributed by atoms with van der Waals surface area (Å²) in [5.74, 6) is -0.855. The number of rotatable bonds is 2. The Morgan fingerprint density at radius 3 is 2.46 bits per heavy atom. The highest BCUT2D eigenvalue weighted by atomic mass is 19.1. The molecular formula is C19H25FN2O4. The van der Waals surface area contributed by atoms with E-state index in [0.717, 1.165) is 5.57 Å². The lowest BCUT2D eigenvalue weighted by Crippen LogP contribution is -2.48. The minimum Gasteiger partial charge on any atom is -0.444 e. The second kappa shape index (κ2) is 7.05. The predicted molar refractivity (Wildman–Crippen MR) is 97.4 cm³/mol. The van der Waals surface area contributed by atoms with Crippen LogP contribution in [-0.2, 0) is 4.74 Å². The molecule has 2 rings (SSSR count). The van der Waals surface area contributed by atoms with Gasteiger partial charge in [-0.05, 0) is 70.7 Å². The van der Waals surface area contributed by atoms with Crippen molar-refractivity contribution in [1.82, 2.24) is 4.90 Å². The molecule has 0 unspecified atom stereocenters. The topological polar surface area (TPSA) is 72.7 Å². The zero-order valence-electron chi connectivity index (χ0n) is 16.0. The van der Waals surface area contributed by atoms with Crippen LogP contribution < -0.4 is 0 Å². The van der Waals surface area contributed by atoms with Crippen LogP contribution in [0.25, 0.3) is 5.57 Å². The second-order valence-corrected chi connectivity index (χ2v) is 7.75. The Balaban J connectivity index is 2.34. The normalized spacial score (nSPS) is 20.6. The molecule has 7 heteroatoms. The van der Waals surface area contributed by atoms with Crippen molar-refractivity contribution in [2.75, 3.05) is 0 Å². The van der Waals surface area contributed by atoms with E-state index in [2.05, 4.69) is 0 Å². The van der Waals surface area contributed by atoms with Gasteiger partial charge in [0.25, 0.3) is 0 Å². The number of nitro benzene ring substituents is 1. The van der Waals surface area contributed by atoms with Gasteiger partial charge in [-0.3, -0.25) is 15.0 Å². The number of ether oxygens (including phenoxy) is 1. The molecule has 0 spiro atoms. The molecule has 0 fully saturated rings. The standard InChI is InChI=1S/C19H25FN2O4/c1-11-7-17(22(24)25)16(20)10-15(11)14-8-12(2)21(13(3)9-14)18(23)26-19(4,5)6/h7-8,10,12-13H,9H2,1-6H3/t12-,13+/m1/s1. The molecule has 0 saturated carbocycles. The van der Waals surface area contributed by atoms with Gasteiger partial charge in [0.1, 0.15) is 5.60 Å². The van der Waals surface area contributed by atoms with Crippen LogP contribution in [0.3, 0.4) is 0 Å². The van der Waals surface area contributed by atoms with Crippen molar-refractivity contribution >= 4 is 17.4 Å². The van der Waals surface area contributed by atoms with Crippen molar-refractivity contribution in [2.24, 2.45) is 0 Å². The number of nitro groups is 1. The van der Waals surface area contributed by atoms with Gasteiger partial charge in [-0.2, -0.15) is 4.39 Å². The lowest BCUT2D eigenvalue weighted by Gasteiger charge is -2.39. The third kappa shape index (κ3) is 4.20. The van der Waals surface area contributed by atoms with Crippen molar-refractivity contribution < 1.29 is 18.8 Å². The highest BCUT2D eigenvalue weighted by Gasteiger charge is 2.33. The van der Waals surface area contributed by atoms with Crippen molar-refractivity contribution in [3.05, 3.63) is 45.3 Å². The fourth-order valence-electron chi connectivity index (χ4n) is 3.27. The summed E-state index contributed by atoms with van der Waals surface area (Å²) in [5, 5.41) is 10.9. The summed E-state index contributed by atoms with van der Waals surface area (Å²) in [4.78, 5) is 24.3. The first kappa shape index (κ1) is 19.9. The van der Waals surface area contributed by atoms with Crippen LogP contribution in [0, 0.1) is 22.9 Å². The summed E-state index contributed by atoms with van der Waals surface area (Å²) < 4.78 is 19.5. The number of amides is 1. The Morgan fingerprint density at radius 2 is 1.96 bits per heavy atom. The van der Waals surface area contributed by atoms with Gasteiger partial charge in [-0.25, -0.2) is 4.79 Å². The minimum atomic E-state index is -0.855. The highest BCUT2D eigenvalue weighted by molar-refractivity contribution is 5.75. The number of halogens is 1. The molecule has 0 aliphatic carbocycles. The van der Waals surface area contributed by atoms with Gasteiger partial charge in [0.15, 0.2) is 0 Å². The number of carbonyl (C=O) groups is 1. The minimum absolute atomic E-state index is 0.141. The Morgan fingerprint density at radius 1 is 1.35 bits per heavy atom. The fraction of sp³-hybridized carbons (Fsp3) is 0.526. The van der Waals surface area contributed by atoms with Crippen LogP contribution in [-0.4, -0.2) is 33.6 Å². The van der Waals surface area contributed by atoms with Gasteiger partial charge >= 0.3 is 11.8 Å². The molecule has 0 saturated heterocycles. The SMILES string of the molecule is Cc1cc([N+](=O)[O-])c(F)cc1C1=C[C@@H](C)N(C(=O)OC(C)(C)C)[C@@H](C)C1. The summed E-state index contributed by atoms with van der Waals surface area (Å²) in [6.45, 7) is 10.9. The molecule has 0 radical (unpaired) electrons. The molecule has 26 heavy (non-hydrogen) atoms. The highest BCUT2D eigenvalue weighted by Crippen LogP contribution is 2.34. The molecule has 0 bridgehead atoms. The van der Waals surface area contributed by atoms with Gasteiger partial charge in [0.05, 0.1) is 11.0 Å². The monoisotopic (exact) mass is 364 g/mol. The zero-order chi connectivity index (χ0) is 19.8. The molecule has 142 valence electrons. The summed E-state index contributed by atoms with van der Waals surface area (Å²) in [6.07, 6.45) is 2.01. The Bertz CT molecular complexity index is 768. The summed E-state index contributed by atoms with van der Waals surface area (Å²) in [7, 11) is 0. The fourth-order valence-corrected chi connectivity index (χ4v) is 3.27. The molecule has 1 aromatic carbocycles. The van der Waals surface area contributed by atoms with E-state index >= 15 is 0 Å². The predicted octanol–water partition coefficient (Wildman–Crippen LogP) is 4.84. The molecule has 0 aromatic heterocycles. The third-order valence-corrected chi connectivity index (χ3v) is 4.31. The van der Waals surface area contributed by atoms with Crippen LogP contribution in [0.2, 0.25) is 0 Å². The van der Waals surface area contributed by atoms with Crippen molar-refractivity contribution in [1.29, 1.82) is 0 Å². The van der Waals surface area contributed by atoms with Crippen LogP contribution in [0.5, 0.6) is 0 Å². The van der Waals surface area contributed by atoms with E-state index in [9.17, 15) is 19.3 Å². The number of carbonyl (C=O) groups excluding carboxylic acids is 1. The van der Waals surface area contributed by atoms with E-state index in [1.807, 2.05) is 40.7 Å². The number of hydrogen-bond donors (Lipinski definition) is 0. The number of hydrogen-bond acceptors (Lipinski definition) is 4. The van der Waals surface area contributed by atoms with Gasteiger partial charge in [-0.15, -0.1) is 0 Å². The average molecular weight is 364 g/mol. The third-order valence-electron chi connectivity index (χ3n) is 4.31. The van der Waals surface area contributed by atoms with E-state index in [4.69, 9.17) is 4.74 Å². The van der Waals surface area contributed by atoms with Crippen molar-refractivity contribution in [2.45, 2.75) is 65.6 Å². The van der Waals surface area contributed by atoms with E-state index in [1.54, 1.807) is 11.8 Å². The van der Waals surface area contributed by atoms with Gasteiger partial charge in [0.2, 0.25) is 5.82 Å². The van der Waals surface area contributed by atoms with Gasteiger partial charge in [-0.1, -0.05) is 6.08 Å². The largest absolute Gasteiger partial charge is 0.444 e. The molecule has 6 nitrogen and oxygen atoms in total. The molecular weight excluding hydrogens is 339 g/mol. The smallest absolute Gasteiger partial charge is 0.411 e. The molecule has 1 aliphatic rings. The first-order chi connectivity index (χ1) is 11.9. The summed E-state index contributed by atoms with van der Waals surface area (Å²) >= 11 is 0. The Kier molecular flexibility index (Phi) is 5.39. The second-order valence-electron chi connectivity index (χ2n) is 7.75. The van der Waals surface area contributed by atoms with Crippen LogP contribution >= 0.6 is 0 Å². The van der Waals surface area contributed by atoms with Crippen LogP contribution in [0.15, 0.2) is 18.2 Å². The molecule has 1 heterocycles. The number of nitrogens with zero attached hydrogens (tertiary/aromatic N) is 2. The Hall–Kier alpha value is -2.44. The number of benzene rings is 1. The van der Waals surface area contributed by atoms with Gasteiger partial charge < -0.3 is 4.74 Å². The molecule has 2 atom stereocenters. The molecule has 1 amide bonds. The maximum atomic E-state index is 14.1. The van der Waals surface area contributed by atoms with Crippen LogP contribution in [0.4, 0.5) is 14.9 Å². The van der Waals surface area contributed by atoms with Crippen LogP contribution in [0.1, 0.15) is 52.2 Å². The first-order valence-electron chi connectivity index (χ1n) is 8.57. The quantitative estimate of drug-likeness (QED) is 0.556. The maximum absolute atomic E-state index is 14.1. The lowest BCUT2D eigenvalue weighted by molar-refractivity contribution is -0.387. The van der Waals surface area contributed by atoms with Crippen molar-refractivity contribution in [3.63, 3.8) is 0 Å². The van der Waals surface area contributed by atoms with E-state index in [-0.39, 0.29) is 18.2 Å². The lowest BCUT2D eigenvalue weighted by atomic mass is 9.89. The molecule has 1 aromatic rings. The summed E-state index contributed by atoms with van der Waals surface area (Å²) in [6, 6.07) is 2.09. The number of aryl methyl sites for hydroxylation is 1. The van der Waals surface area contributed by atoms with Crippen molar-refractivity contribution in [3.8, 4) is 0 Å². The maximum Gasteiger partial charge on any atom is 0.411 e.